The summed E-state index contributed by atoms with van der Waals surface area (Å²) in [5.74, 6) is 1.19. The Balaban J connectivity index is 1.97. The molecule has 1 aliphatic heterocycles. The monoisotopic (exact) mass is 318 g/mol. The van der Waals surface area contributed by atoms with E-state index in [-0.39, 0.29) is 17.9 Å². The second-order valence-corrected chi connectivity index (χ2v) is 6.28. The van der Waals surface area contributed by atoms with E-state index in [0.29, 0.717) is 24.6 Å². The maximum Gasteiger partial charge on any atom is 0.260 e. The predicted octanol–water partition coefficient (Wildman–Crippen LogP) is 2.30. The lowest BCUT2D eigenvalue weighted by Crippen LogP contribution is -2.36. The van der Waals surface area contributed by atoms with Crippen LogP contribution in [0.1, 0.15) is 25.8 Å². The molecule has 0 radical (unpaired) electrons. The van der Waals surface area contributed by atoms with Crippen molar-refractivity contribution in [2.45, 2.75) is 20.3 Å². The van der Waals surface area contributed by atoms with Gasteiger partial charge in [0.25, 0.3) is 5.91 Å². The summed E-state index contributed by atoms with van der Waals surface area (Å²) in [6.07, 6.45) is 4.88. The number of allylic oxidation sites excluding steroid dienone is 1. The molecule has 1 aromatic rings. The second kappa shape index (κ2) is 7.51. The number of nitrogens with zero attached hydrogens (tertiary/aromatic N) is 1. The van der Waals surface area contributed by atoms with Crippen LogP contribution in [-0.2, 0) is 4.79 Å². The Bertz CT molecular complexity index is 586. The minimum absolute atomic E-state index is 0.0123. The molecule has 23 heavy (non-hydrogen) atoms. The van der Waals surface area contributed by atoms with E-state index in [1.165, 1.54) is 0 Å². The third kappa shape index (κ3) is 4.26. The van der Waals surface area contributed by atoms with Crippen LogP contribution < -0.4 is 15.2 Å². The molecule has 0 saturated carbocycles. The Morgan fingerprint density at radius 1 is 1.43 bits per heavy atom. The molecule has 0 aromatic heterocycles. The maximum absolute atomic E-state index is 12.3. The van der Waals surface area contributed by atoms with Gasteiger partial charge in [-0.3, -0.25) is 4.79 Å². The smallest absolute Gasteiger partial charge is 0.260 e. The number of ether oxygens (including phenoxy) is 2. The maximum atomic E-state index is 12.3. The molecule has 1 saturated heterocycles. The Morgan fingerprint density at radius 3 is 2.83 bits per heavy atom. The number of rotatable bonds is 6. The number of hydrogen-bond acceptors (Lipinski definition) is 4. The quantitative estimate of drug-likeness (QED) is 0.874. The van der Waals surface area contributed by atoms with Gasteiger partial charge in [-0.05, 0) is 43.0 Å². The van der Waals surface area contributed by atoms with Gasteiger partial charge in [0.1, 0.15) is 0 Å². The first-order valence-electron chi connectivity index (χ1n) is 7.93. The molecule has 1 amide bonds. The van der Waals surface area contributed by atoms with Gasteiger partial charge in [0.2, 0.25) is 0 Å². The Hall–Kier alpha value is -2.01. The molecule has 0 aliphatic carbocycles. The van der Waals surface area contributed by atoms with E-state index < -0.39 is 0 Å². The summed E-state index contributed by atoms with van der Waals surface area (Å²) in [6, 6.07) is 5.65. The fourth-order valence-corrected chi connectivity index (χ4v) is 2.73. The van der Waals surface area contributed by atoms with E-state index in [1.54, 1.807) is 7.11 Å². The van der Waals surface area contributed by atoms with Crippen LogP contribution in [0.15, 0.2) is 24.3 Å². The van der Waals surface area contributed by atoms with Crippen LogP contribution in [0, 0.1) is 5.41 Å². The topological polar surface area (TPSA) is 64.8 Å². The zero-order chi connectivity index (χ0) is 16.9. The average Bonchev–Trinajstić information content (AvgIpc) is 2.96. The van der Waals surface area contributed by atoms with E-state index in [1.807, 2.05) is 42.2 Å². The lowest BCUT2D eigenvalue weighted by Gasteiger charge is -2.22. The first-order valence-corrected chi connectivity index (χ1v) is 7.93. The molecule has 1 fully saturated rings. The lowest BCUT2D eigenvalue weighted by atomic mass is 9.90. The molecule has 0 bridgehead atoms. The molecule has 1 aromatic carbocycles. The molecule has 0 spiro atoms. The molecular weight excluding hydrogens is 292 g/mol. The number of hydrogen-bond donors (Lipinski definition) is 1. The summed E-state index contributed by atoms with van der Waals surface area (Å²) in [5, 5.41) is 0. The lowest BCUT2D eigenvalue weighted by molar-refractivity contribution is -0.132. The van der Waals surface area contributed by atoms with E-state index in [4.69, 9.17) is 15.2 Å². The van der Waals surface area contributed by atoms with Gasteiger partial charge in [0.15, 0.2) is 18.1 Å². The highest BCUT2D eigenvalue weighted by Crippen LogP contribution is 2.30. The first-order chi connectivity index (χ1) is 11.0. The minimum atomic E-state index is -0.0123. The molecule has 126 valence electrons. The van der Waals surface area contributed by atoms with Crippen LogP contribution in [-0.4, -0.2) is 44.2 Å². The van der Waals surface area contributed by atoms with Crippen molar-refractivity contribution in [2.75, 3.05) is 33.4 Å². The second-order valence-electron chi connectivity index (χ2n) is 6.28. The van der Waals surface area contributed by atoms with Crippen molar-refractivity contribution in [3.63, 3.8) is 0 Å². The normalized spacial score (nSPS) is 21.0. The number of methoxy groups -OCH3 is 1. The summed E-state index contributed by atoms with van der Waals surface area (Å²) in [6.45, 7) is 6.12. The molecule has 1 aliphatic rings. The van der Waals surface area contributed by atoms with Crippen LogP contribution in [0.4, 0.5) is 0 Å². The minimum Gasteiger partial charge on any atom is -0.493 e. The van der Waals surface area contributed by atoms with E-state index >= 15 is 0 Å². The first kappa shape index (κ1) is 17.3. The Morgan fingerprint density at radius 2 is 2.22 bits per heavy atom. The van der Waals surface area contributed by atoms with Gasteiger partial charge in [0.05, 0.1) is 7.11 Å². The summed E-state index contributed by atoms with van der Waals surface area (Å²) in [4.78, 5) is 14.1. The number of likely N-dealkylation sites (tertiary alicyclic amines) is 1. The van der Waals surface area contributed by atoms with Crippen molar-refractivity contribution < 1.29 is 14.3 Å². The number of nitrogens with two attached hydrogens (primary N) is 1. The van der Waals surface area contributed by atoms with Gasteiger partial charge in [-0.15, -0.1) is 0 Å². The molecule has 1 unspecified atom stereocenters. The predicted molar refractivity (Wildman–Crippen MR) is 91.6 cm³/mol. The van der Waals surface area contributed by atoms with Crippen molar-refractivity contribution in [3.8, 4) is 11.5 Å². The van der Waals surface area contributed by atoms with E-state index in [0.717, 1.165) is 18.5 Å². The number of carbonyl (C=O) groups excluding carboxylic acids is 1. The molecule has 5 nitrogen and oxygen atoms in total. The third-order valence-electron chi connectivity index (χ3n) is 4.30. The summed E-state index contributed by atoms with van der Waals surface area (Å²) >= 11 is 0. The summed E-state index contributed by atoms with van der Waals surface area (Å²) in [7, 11) is 1.59. The van der Waals surface area contributed by atoms with Gasteiger partial charge < -0.3 is 20.1 Å². The van der Waals surface area contributed by atoms with Crippen molar-refractivity contribution in [2.24, 2.45) is 11.1 Å². The molecule has 1 heterocycles. The standard InChI is InChI=1S/C18H26N2O3/c1-4-5-14-6-7-15(16(10-14)22-3)23-11-17(21)20-9-8-18(2,12-19)13-20/h4-7,10H,8-9,11-13,19H2,1-3H3/b5-4+. The van der Waals surface area contributed by atoms with Crippen molar-refractivity contribution in [1.29, 1.82) is 0 Å². The fraction of sp³-hybridized carbons (Fsp3) is 0.500. The van der Waals surface area contributed by atoms with Crippen LogP contribution in [0.2, 0.25) is 0 Å². The Kier molecular flexibility index (Phi) is 5.66. The van der Waals surface area contributed by atoms with Gasteiger partial charge >= 0.3 is 0 Å². The summed E-state index contributed by atoms with van der Waals surface area (Å²) < 4.78 is 11.0. The van der Waals surface area contributed by atoms with Gasteiger partial charge in [-0.25, -0.2) is 0 Å². The van der Waals surface area contributed by atoms with Crippen molar-refractivity contribution in [3.05, 3.63) is 29.8 Å². The largest absolute Gasteiger partial charge is 0.493 e. The van der Waals surface area contributed by atoms with Gasteiger partial charge in [-0.2, -0.15) is 0 Å². The highest BCUT2D eigenvalue weighted by atomic mass is 16.5. The van der Waals surface area contributed by atoms with Crippen LogP contribution in [0.25, 0.3) is 6.08 Å². The highest BCUT2D eigenvalue weighted by molar-refractivity contribution is 5.78. The SMILES string of the molecule is C/C=C/c1ccc(OCC(=O)N2CCC(C)(CN)C2)c(OC)c1. The van der Waals surface area contributed by atoms with Crippen LogP contribution >= 0.6 is 0 Å². The highest BCUT2D eigenvalue weighted by Gasteiger charge is 2.34. The zero-order valence-corrected chi connectivity index (χ0v) is 14.2. The van der Waals surface area contributed by atoms with Crippen LogP contribution in [0.3, 0.4) is 0 Å². The molecule has 1 atom stereocenters. The van der Waals surface area contributed by atoms with Gasteiger partial charge in [-0.1, -0.05) is 25.1 Å². The summed E-state index contributed by atoms with van der Waals surface area (Å²) in [5.41, 5.74) is 6.84. The fourth-order valence-electron chi connectivity index (χ4n) is 2.73. The molecule has 2 N–H and O–H groups in total. The van der Waals surface area contributed by atoms with E-state index in [9.17, 15) is 4.79 Å². The molecule has 2 rings (SSSR count). The van der Waals surface area contributed by atoms with Gasteiger partial charge in [0, 0.05) is 13.1 Å². The number of amides is 1. The zero-order valence-electron chi connectivity index (χ0n) is 14.2. The number of benzene rings is 1. The van der Waals surface area contributed by atoms with Crippen molar-refractivity contribution >= 4 is 12.0 Å². The third-order valence-corrected chi connectivity index (χ3v) is 4.30. The van der Waals surface area contributed by atoms with E-state index in [2.05, 4.69) is 6.92 Å². The number of carbonyl (C=O) groups is 1. The van der Waals surface area contributed by atoms with Crippen molar-refractivity contribution in [1.82, 2.24) is 4.90 Å². The molecular formula is C18H26N2O3. The average molecular weight is 318 g/mol. The van der Waals surface area contributed by atoms with Crippen LogP contribution in [0.5, 0.6) is 11.5 Å². The molecule has 5 heteroatoms. The Labute approximate surface area is 138 Å².